The Morgan fingerprint density at radius 1 is 1.26 bits per heavy atom. The van der Waals surface area contributed by atoms with Crippen LogP contribution < -0.4 is 16.4 Å². The molecule has 35 heavy (non-hydrogen) atoms. The van der Waals surface area contributed by atoms with Crippen LogP contribution in [0.25, 0.3) is 0 Å². The van der Waals surface area contributed by atoms with E-state index in [9.17, 15) is 9.59 Å². The van der Waals surface area contributed by atoms with E-state index < -0.39 is 12.2 Å². The number of ether oxygens (including phenoxy) is 1. The summed E-state index contributed by atoms with van der Waals surface area (Å²) in [6.45, 7) is 8.37. The normalized spacial score (nSPS) is 12.8. The van der Waals surface area contributed by atoms with Gasteiger partial charge in [0.15, 0.2) is 0 Å². The highest BCUT2D eigenvalue weighted by molar-refractivity contribution is 6.01. The van der Waals surface area contributed by atoms with Crippen LogP contribution in [0.2, 0.25) is 0 Å². The SMILES string of the molecule is CC(=O)O.CCNc1cc(C(=N)N)ccc1CNC(=O)C(OCC)N1Cc2c(C)cccc2C1=O. The molecule has 1 atom stereocenters. The second kappa shape index (κ2) is 12.5. The average Bonchev–Trinajstić information content (AvgIpc) is 3.13. The molecule has 1 aliphatic rings. The predicted octanol–water partition coefficient (Wildman–Crippen LogP) is 2.44. The van der Waals surface area contributed by atoms with Gasteiger partial charge in [-0.05, 0) is 49.6 Å². The summed E-state index contributed by atoms with van der Waals surface area (Å²) >= 11 is 0. The van der Waals surface area contributed by atoms with Gasteiger partial charge in [0.05, 0.1) is 6.54 Å². The minimum Gasteiger partial charge on any atom is -0.481 e. The number of amidine groups is 1. The number of anilines is 1. The molecule has 1 unspecified atom stereocenters. The minimum absolute atomic E-state index is 0.0199. The van der Waals surface area contributed by atoms with Crippen LogP contribution in [0.3, 0.4) is 0 Å². The Balaban J connectivity index is 0.00000100. The van der Waals surface area contributed by atoms with Gasteiger partial charge in [-0.2, -0.15) is 0 Å². The molecule has 0 spiro atoms. The van der Waals surface area contributed by atoms with E-state index in [-0.39, 0.29) is 24.2 Å². The number of carbonyl (C=O) groups is 3. The number of carbonyl (C=O) groups excluding carboxylic acids is 2. The Morgan fingerprint density at radius 2 is 1.94 bits per heavy atom. The van der Waals surface area contributed by atoms with Gasteiger partial charge >= 0.3 is 0 Å². The van der Waals surface area contributed by atoms with Crippen LogP contribution in [0.4, 0.5) is 5.69 Å². The first-order valence-electron chi connectivity index (χ1n) is 11.3. The standard InChI is InChI=1S/C23H29N5O3.C2H4O2/c1-4-26-19-11-15(20(24)25)9-10-16(19)12-27-21(29)23(31-5-2)28-13-18-14(3)7-6-8-17(18)22(28)30;1-2(3)4/h6-11,23,26H,4-5,12-13H2,1-3H3,(H3,24,25)(H,27,29);1H3,(H,3,4). The highest BCUT2D eigenvalue weighted by atomic mass is 16.5. The lowest BCUT2D eigenvalue weighted by molar-refractivity contribution is -0.143. The van der Waals surface area contributed by atoms with Crippen LogP contribution >= 0.6 is 0 Å². The van der Waals surface area contributed by atoms with Gasteiger partial charge in [-0.25, -0.2) is 0 Å². The molecule has 6 N–H and O–H groups in total. The molecule has 0 aromatic heterocycles. The Hall–Kier alpha value is -3.92. The summed E-state index contributed by atoms with van der Waals surface area (Å²) in [6.07, 6.45) is -1.01. The van der Waals surface area contributed by atoms with Crippen LogP contribution in [-0.2, 0) is 27.4 Å². The largest absolute Gasteiger partial charge is 0.481 e. The van der Waals surface area contributed by atoms with Crippen molar-refractivity contribution in [2.75, 3.05) is 18.5 Å². The number of nitrogens with two attached hydrogens (primary N) is 1. The molecule has 0 fully saturated rings. The van der Waals surface area contributed by atoms with Gasteiger partial charge in [-0.3, -0.25) is 19.8 Å². The lowest BCUT2D eigenvalue weighted by atomic mass is 10.1. The van der Waals surface area contributed by atoms with Crippen molar-refractivity contribution in [1.29, 1.82) is 5.41 Å². The summed E-state index contributed by atoms with van der Waals surface area (Å²) in [5.41, 5.74) is 10.4. The lowest BCUT2D eigenvalue weighted by Gasteiger charge is -2.26. The number of nitrogens with one attached hydrogen (secondary N) is 3. The minimum atomic E-state index is -1.01. The van der Waals surface area contributed by atoms with E-state index in [2.05, 4.69) is 10.6 Å². The number of carboxylic acid groups (broad SMARTS) is 1. The summed E-state index contributed by atoms with van der Waals surface area (Å²) in [5, 5.41) is 21.2. The Bertz CT molecular complexity index is 1100. The van der Waals surface area contributed by atoms with Crippen molar-refractivity contribution in [2.24, 2.45) is 5.73 Å². The van der Waals surface area contributed by atoms with Crippen molar-refractivity contribution < 1.29 is 24.2 Å². The van der Waals surface area contributed by atoms with Gasteiger partial charge in [0.2, 0.25) is 6.23 Å². The molecule has 10 heteroatoms. The maximum absolute atomic E-state index is 13.0. The molecule has 0 saturated heterocycles. The fraction of sp³-hybridized carbons (Fsp3) is 0.360. The number of aryl methyl sites for hydroxylation is 1. The molecular formula is C25H33N5O5. The third kappa shape index (κ3) is 7.03. The summed E-state index contributed by atoms with van der Waals surface area (Å²) in [6, 6.07) is 10.9. The number of benzene rings is 2. The summed E-state index contributed by atoms with van der Waals surface area (Å²) in [4.78, 5) is 36.4. The van der Waals surface area contributed by atoms with Crippen LogP contribution in [-0.4, -0.2) is 53.0 Å². The maximum Gasteiger partial charge on any atom is 0.300 e. The predicted molar refractivity (Wildman–Crippen MR) is 133 cm³/mol. The molecule has 0 saturated carbocycles. The second-order valence-corrected chi connectivity index (χ2v) is 7.89. The molecule has 0 aliphatic carbocycles. The summed E-state index contributed by atoms with van der Waals surface area (Å²) < 4.78 is 5.68. The van der Waals surface area contributed by atoms with Crippen molar-refractivity contribution in [3.8, 4) is 0 Å². The zero-order valence-electron chi connectivity index (χ0n) is 20.5. The second-order valence-electron chi connectivity index (χ2n) is 7.89. The van der Waals surface area contributed by atoms with Gasteiger partial charge in [0.25, 0.3) is 17.8 Å². The number of hydrogen-bond donors (Lipinski definition) is 5. The summed E-state index contributed by atoms with van der Waals surface area (Å²) in [7, 11) is 0. The van der Waals surface area contributed by atoms with Crippen LogP contribution in [0.1, 0.15) is 53.4 Å². The molecule has 10 nitrogen and oxygen atoms in total. The Labute approximate surface area is 205 Å². The van der Waals surface area contributed by atoms with Crippen LogP contribution in [0, 0.1) is 12.3 Å². The summed E-state index contributed by atoms with van der Waals surface area (Å²) in [5.74, 6) is -1.43. The molecule has 1 aliphatic heterocycles. The number of nitrogen functional groups attached to an aromatic ring is 1. The van der Waals surface area contributed by atoms with E-state index in [1.807, 2.05) is 32.0 Å². The van der Waals surface area contributed by atoms with E-state index >= 15 is 0 Å². The third-order valence-corrected chi connectivity index (χ3v) is 5.30. The highest BCUT2D eigenvalue weighted by Gasteiger charge is 2.37. The number of aliphatic carboxylic acids is 1. The lowest BCUT2D eigenvalue weighted by Crippen LogP contribution is -2.48. The number of hydrogen-bond acceptors (Lipinski definition) is 6. The number of fused-ring (bicyclic) bond motifs is 1. The van der Waals surface area contributed by atoms with Crippen LogP contribution in [0.15, 0.2) is 36.4 Å². The number of nitrogens with zero attached hydrogens (tertiary/aromatic N) is 1. The topological polar surface area (TPSA) is 158 Å². The first-order valence-corrected chi connectivity index (χ1v) is 11.3. The van der Waals surface area contributed by atoms with E-state index in [1.54, 1.807) is 25.1 Å². The highest BCUT2D eigenvalue weighted by Crippen LogP contribution is 2.28. The Morgan fingerprint density at radius 3 is 2.51 bits per heavy atom. The molecular weight excluding hydrogens is 450 g/mol. The van der Waals surface area contributed by atoms with E-state index in [1.165, 1.54) is 4.90 Å². The molecule has 2 aromatic rings. The van der Waals surface area contributed by atoms with Crippen molar-refractivity contribution in [2.45, 2.75) is 47.0 Å². The first-order chi connectivity index (χ1) is 16.6. The fourth-order valence-corrected chi connectivity index (χ4v) is 3.69. The van der Waals surface area contributed by atoms with Crippen molar-refractivity contribution in [1.82, 2.24) is 10.2 Å². The molecule has 2 aromatic carbocycles. The van der Waals surface area contributed by atoms with E-state index in [0.717, 1.165) is 29.3 Å². The van der Waals surface area contributed by atoms with Crippen molar-refractivity contribution in [3.05, 3.63) is 64.2 Å². The number of amides is 2. The van der Waals surface area contributed by atoms with Gasteiger partial charge in [-0.15, -0.1) is 0 Å². The fourth-order valence-electron chi connectivity index (χ4n) is 3.69. The van der Waals surface area contributed by atoms with Crippen molar-refractivity contribution >= 4 is 29.3 Å². The quantitative estimate of drug-likeness (QED) is 0.271. The van der Waals surface area contributed by atoms with Crippen molar-refractivity contribution in [3.63, 3.8) is 0 Å². The zero-order chi connectivity index (χ0) is 26.1. The first kappa shape index (κ1) is 27.3. The Kier molecular flexibility index (Phi) is 9.77. The van der Waals surface area contributed by atoms with Gasteiger partial charge < -0.3 is 31.1 Å². The molecule has 1 heterocycles. The monoisotopic (exact) mass is 483 g/mol. The number of carboxylic acids is 1. The van der Waals surface area contributed by atoms with Gasteiger partial charge in [-0.1, -0.05) is 24.3 Å². The molecule has 188 valence electrons. The molecule has 0 bridgehead atoms. The van der Waals surface area contributed by atoms with Gasteiger partial charge in [0, 0.05) is 43.4 Å². The molecule has 3 rings (SSSR count). The third-order valence-electron chi connectivity index (χ3n) is 5.30. The maximum atomic E-state index is 13.0. The molecule has 0 radical (unpaired) electrons. The van der Waals surface area contributed by atoms with E-state index in [0.29, 0.717) is 30.8 Å². The zero-order valence-corrected chi connectivity index (χ0v) is 20.5. The van der Waals surface area contributed by atoms with Crippen LogP contribution in [0.5, 0.6) is 0 Å². The average molecular weight is 484 g/mol. The number of rotatable bonds is 9. The molecule has 2 amide bonds. The smallest absolute Gasteiger partial charge is 0.300 e. The van der Waals surface area contributed by atoms with Gasteiger partial charge in [0.1, 0.15) is 5.84 Å². The van der Waals surface area contributed by atoms with E-state index in [4.69, 9.17) is 25.8 Å².